The molecule has 0 radical (unpaired) electrons. The molecule has 1 aromatic rings. The summed E-state index contributed by atoms with van der Waals surface area (Å²) in [5.41, 5.74) is 0.757. The van der Waals surface area contributed by atoms with Crippen molar-refractivity contribution in [3.05, 3.63) is 29.8 Å². The maximum absolute atomic E-state index is 12.6. The van der Waals surface area contributed by atoms with Gasteiger partial charge in [0, 0.05) is 0 Å². The number of aryl methyl sites for hydroxylation is 1. The average Bonchev–Trinajstić information content (AvgIpc) is 3.38. The lowest BCUT2D eigenvalue weighted by Crippen LogP contribution is -2.62. The molecule has 4 fully saturated rings. The Balaban J connectivity index is 1.19. The van der Waals surface area contributed by atoms with E-state index in [0.717, 1.165) is 63.4 Å². The van der Waals surface area contributed by atoms with Crippen molar-refractivity contribution in [3.8, 4) is 0 Å². The van der Waals surface area contributed by atoms with Gasteiger partial charge in [-0.15, -0.1) is 0 Å². The maximum Gasteiger partial charge on any atom is 0.308 e. The van der Waals surface area contributed by atoms with E-state index in [1.807, 2.05) is 6.92 Å². The highest BCUT2D eigenvalue weighted by Gasteiger charge is 2.65. The Morgan fingerprint density at radius 2 is 1.66 bits per heavy atom. The molecule has 1 aromatic carbocycles. The van der Waals surface area contributed by atoms with Crippen molar-refractivity contribution in [2.24, 2.45) is 58.2 Å². The summed E-state index contributed by atoms with van der Waals surface area (Å²) in [5.74, 6) is 1.71. The number of esters is 1. The van der Waals surface area contributed by atoms with Gasteiger partial charge in [0.15, 0.2) is 0 Å². The van der Waals surface area contributed by atoms with Crippen molar-refractivity contribution in [2.45, 2.75) is 123 Å². The van der Waals surface area contributed by atoms with Gasteiger partial charge in [-0.05, 0) is 129 Å². The highest BCUT2D eigenvalue weighted by molar-refractivity contribution is 7.86. The monoisotopic (exact) mass is 676 g/mol. The average molecular weight is 677 g/mol. The molecule has 0 saturated heterocycles. The number of aliphatic hydroxyl groups is 2. The van der Waals surface area contributed by atoms with Gasteiger partial charge in [0.05, 0.1) is 49.4 Å². The van der Waals surface area contributed by atoms with E-state index in [1.165, 1.54) is 7.11 Å². The number of methoxy groups -OCH3 is 1. The zero-order valence-corrected chi connectivity index (χ0v) is 30.5. The number of carbonyl (C=O) groups is 1. The highest BCUT2D eigenvalue weighted by atomic mass is 32.2. The van der Waals surface area contributed by atoms with Crippen LogP contribution in [0.15, 0.2) is 29.2 Å². The quantitative estimate of drug-likeness (QED) is 0.145. The molecular formula is C38H60O8S. The first-order chi connectivity index (χ1) is 22.1. The summed E-state index contributed by atoms with van der Waals surface area (Å²) in [6, 6.07) is 6.62. The summed E-state index contributed by atoms with van der Waals surface area (Å²) in [7, 11) is -2.36. The molecule has 12 atom stereocenters. The molecule has 266 valence electrons. The first-order valence-corrected chi connectivity index (χ1v) is 19.6. The first kappa shape index (κ1) is 36.8. The van der Waals surface area contributed by atoms with E-state index < -0.39 is 22.3 Å². The van der Waals surface area contributed by atoms with E-state index in [0.29, 0.717) is 11.8 Å². The van der Waals surface area contributed by atoms with Gasteiger partial charge in [0.25, 0.3) is 10.1 Å². The normalized spacial score (nSPS) is 38.3. The Bertz CT molecular complexity index is 1330. The number of carbonyl (C=O) groups excluding carboxylic acids is 1. The highest BCUT2D eigenvalue weighted by Crippen LogP contribution is 2.68. The van der Waals surface area contributed by atoms with E-state index >= 15 is 0 Å². The number of hydrogen-bond donors (Lipinski definition) is 2. The van der Waals surface area contributed by atoms with Crippen LogP contribution >= 0.6 is 0 Å². The second-order valence-electron chi connectivity index (χ2n) is 16.4. The predicted octanol–water partition coefficient (Wildman–Crippen LogP) is 6.55. The van der Waals surface area contributed by atoms with E-state index in [2.05, 4.69) is 34.6 Å². The topological polar surface area (TPSA) is 119 Å². The summed E-state index contributed by atoms with van der Waals surface area (Å²) < 4.78 is 41.6. The van der Waals surface area contributed by atoms with Crippen LogP contribution in [0.25, 0.3) is 0 Å². The van der Waals surface area contributed by atoms with Gasteiger partial charge in [-0.2, -0.15) is 8.42 Å². The van der Waals surface area contributed by atoms with Gasteiger partial charge in [-0.25, -0.2) is 0 Å². The number of fused-ring (bicyclic) bond motifs is 5. The summed E-state index contributed by atoms with van der Waals surface area (Å²) in [5, 5.41) is 23.8. The van der Waals surface area contributed by atoms with Gasteiger partial charge in [0.1, 0.15) is 0 Å². The number of rotatable bonds is 12. The molecule has 0 aliphatic heterocycles. The maximum atomic E-state index is 12.6. The molecule has 4 saturated carbocycles. The minimum absolute atomic E-state index is 0.00218. The fourth-order valence-corrected chi connectivity index (χ4v) is 11.8. The van der Waals surface area contributed by atoms with Gasteiger partial charge >= 0.3 is 5.97 Å². The van der Waals surface area contributed by atoms with Crippen LogP contribution in [0.3, 0.4) is 0 Å². The van der Waals surface area contributed by atoms with Crippen LogP contribution in [0.2, 0.25) is 0 Å². The minimum Gasteiger partial charge on any atom is -0.469 e. The van der Waals surface area contributed by atoms with Crippen molar-refractivity contribution < 1.29 is 37.1 Å². The predicted molar refractivity (Wildman–Crippen MR) is 181 cm³/mol. The third-order valence-corrected chi connectivity index (χ3v) is 15.1. The van der Waals surface area contributed by atoms with Crippen molar-refractivity contribution in [1.82, 2.24) is 0 Å². The van der Waals surface area contributed by atoms with Crippen LogP contribution in [-0.4, -0.2) is 63.2 Å². The van der Waals surface area contributed by atoms with Crippen LogP contribution in [0.1, 0.15) is 98.0 Å². The molecular weight excluding hydrogens is 616 g/mol. The van der Waals surface area contributed by atoms with Crippen molar-refractivity contribution in [3.63, 3.8) is 0 Å². The molecule has 0 aromatic heterocycles. The molecule has 5 rings (SSSR count). The Morgan fingerprint density at radius 1 is 0.957 bits per heavy atom. The first-order valence-electron chi connectivity index (χ1n) is 18.1. The SMILES string of the molecule is COC(=O)C(CC[C@@H](C)[C@H]1CC[C@H]2[C@@H]3[C@H](O)C[C@@H]4C[C@H](OCCOS(=O)(=O)c5ccc(C)cc5)CC[C@]4(C)[C@H]3C[C@H](O)[C@]12C)C(C)C. The van der Waals surface area contributed by atoms with Crippen LogP contribution in [0.4, 0.5) is 0 Å². The zero-order chi connectivity index (χ0) is 34.3. The van der Waals surface area contributed by atoms with E-state index in [4.69, 9.17) is 13.7 Å². The minimum atomic E-state index is -3.83. The zero-order valence-electron chi connectivity index (χ0n) is 29.7. The van der Waals surface area contributed by atoms with E-state index in [1.54, 1.807) is 24.3 Å². The van der Waals surface area contributed by atoms with Crippen molar-refractivity contribution in [2.75, 3.05) is 20.3 Å². The molecule has 1 unspecified atom stereocenters. The second-order valence-corrected chi connectivity index (χ2v) is 18.0. The lowest BCUT2D eigenvalue weighted by Gasteiger charge is -2.63. The largest absolute Gasteiger partial charge is 0.469 e. The standard InChI is InChI=1S/C38H60O8S/c1-23(2)29(36(41)44-7)13-10-25(4)30-14-15-31-35-32(22-34(40)38(30,31)6)37(5)17-16-27(20-26(37)21-33(35)39)45-18-19-46-47(42,43)28-11-8-24(3)9-12-28/h8-9,11-12,23,25-27,29-35,39-40H,10,13-22H2,1-7H3/t25-,26+,27-,29?,30-,31+,32+,33-,34+,35+,37+,38-/m1/s1. The molecule has 0 amide bonds. The van der Waals surface area contributed by atoms with Crippen LogP contribution in [-0.2, 0) is 28.6 Å². The van der Waals surface area contributed by atoms with Crippen LogP contribution in [0.5, 0.6) is 0 Å². The lowest BCUT2D eigenvalue weighted by molar-refractivity contribution is -0.209. The fraction of sp³-hybridized carbons (Fsp3) is 0.816. The summed E-state index contributed by atoms with van der Waals surface area (Å²) >= 11 is 0. The lowest BCUT2D eigenvalue weighted by atomic mass is 9.43. The fourth-order valence-electron chi connectivity index (χ4n) is 10.9. The Labute approximate surface area is 283 Å². The van der Waals surface area contributed by atoms with Crippen LogP contribution < -0.4 is 0 Å². The Morgan fingerprint density at radius 3 is 2.32 bits per heavy atom. The summed E-state index contributed by atoms with van der Waals surface area (Å²) in [4.78, 5) is 12.6. The van der Waals surface area contributed by atoms with Gasteiger partial charge in [0.2, 0.25) is 0 Å². The van der Waals surface area contributed by atoms with Gasteiger partial charge in [-0.3, -0.25) is 8.98 Å². The van der Waals surface area contributed by atoms with Gasteiger partial charge in [-0.1, -0.05) is 52.3 Å². The summed E-state index contributed by atoms with van der Waals surface area (Å²) in [6.07, 6.45) is 7.13. The molecule has 8 nitrogen and oxygen atoms in total. The molecule has 0 heterocycles. The number of ether oxygens (including phenoxy) is 2. The smallest absolute Gasteiger partial charge is 0.308 e. The summed E-state index contributed by atoms with van der Waals surface area (Å²) in [6.45, 7) is 13.2. The molecule has 4 aliphatic rings. The molecule has 0 spiro atoms. The van der Waals surface area contributed by atoms with Crippen molar-refractivity contribution >= 4 is 16.1 Å². The van der Waals surface area contributed by atoms with E-state index in [-0.39, 0.29) is 76.5 Å². The molecule has 47 heavy (non-hydrogen) atoms. The molecule has 2 N–H and O–H groups in total. The van der Waals surface area contributed by atoms with Gasteiger partial charge < -0.3 is 19.7 Å². The molecule has 0 bridgehead atoms. The third kappa shape index (κ3) is 7.08. The van der Waals surface area contributed by atoms with Crippen molar-refractivity contribution in [1.29, 1.82) is 0 Å². The number of aliphatic hydroxyl groups excluding tert-OH is 2. The Hall–Kier alpha value is -1.52. The second kappa shape index (κ2) is 14.4. The van der Waals surface area contributed by atoms with E-state index in [9.17, 15) is 23.4 Å². The Kier molecular flexibility index (Phi) is 11.2. The molecule has 4 aliphatic carbocycles. The van der Waals surface area contributed by atoms with Crippen LogP contribution in [0, 0.1) is 65.1 Å². The molecule has 9 heteroatoms. The number of benzene rings is 1. The third-order valence-electron chi connectivity index (χ3n) is 13.7. The number of hydrogen-bond acceptors (Lipinski definition) is 8.